The van der Waals surface area contributed by atoms with Gasteiger partial charge in [-0.1, -0.05) is 11.6 Å². The van der Waals surface area contributed by atoms with Crippen molar-refractivity contribution in [2.45, 2.75) is 19.9 Å². The van der Waals surface area contributed by atoms with Crippen molar-refractivity contribution in [3.63, 3.8) is 0 Å². The van der Waals surface area contributed by atoms with Gasteiger partial charge in [0.15, 0.2) is 5.82 Å². The fraction of sp³-hybridized carbons (Fsp3) is 0.333. The Morgan fingerprint density at radius 1 is 1.38 bits per heavy atom. The molecule has 0 fully saturated rings. The fourth-order valence-corrected chi connectivity index (χ4v) is 3.29. The van der Waals surface area contributed by atoms with Gasteiger partial charge in [0.05, 0.1) is 11.8 Å². The highest BCUT2D eigenvalue weighted by Crippen LogP contribution is 2.32. The fourth-order valence-electron chi connectivity index (χ4n) is 3.05. The van der Waals surface area contributed by atoms with Crippen LogP contribution in [-0.2, 0) is 13.6 Å². The van der Waals surface area contributed by atoms with Crippen LogP contribution in [0.3, 0.4) is 0 Å². The van der Waals surface area contributed by atoms with Crippen LogP contribution in [0.1, 0.15) is 22.5 Å². The zero-order chi connectivity index (χ0) is 17.0. The van der Waals surface area contributed by atoms with Crippen molar-refractivity contribution >= 4 is 34.4 Å². The van der Waals surface area contributed by atoms with Gasteiger partial charge in [-0.05, 0) is 13.3 Å². The van der Waals surface area contributed by atoms with E-state index in [1.807, 2.05) is 0 Å². The topological polar surface area (TPSA) is 86.2 Å². The predicted molar refractivity (Wildman–Crippen MR) is 87.5 cm³/mol. The molecule has 0 bridgehead atoms. The van der Waals surface area contributed by atoms with E-state index >= 15 is 0 Å². The molecule has 0 saturated carbocycles. The number of anilines is 1. The van der Waals surface area contributed by atoms with Crippen LogP contribution in [0.5, 0.6) is 0 Å². The van der Waals surface area contributed by atoms with Gasteiger partial charge in [0.2, 0.25) is 5.71 Å². The quantitative estimate of drug-likeness (QED) is 0.669. The second-order valence-corrected chi connectivity index (χ2v) is 6.13. The summed E-state index contributed by atoms with van der Waals surface area (Å²) >= 11 is 6.19. The number of aryl methyl sites for hydroxylation is 3. The van der Waals surface area contributed by atoms with Crippen LogP contribution in [0.25, 0.3) is 11.1 Å². The molecular formula is C15H14ClN5O3. The highest BCUT2D eigenvalue weighted by molar-refractivity contribution is 6.33. The Morgan fingerprint density at radius 3 is 2.96 bits per heavy atom. The third-order valence-electron chi connectivity index (χ3n) is 4.18. The van der Waals surface area contributed by atoms with Crippen molar-refractivity contribution in [1.29, 1.82) is 0 Å². The molecule has 1 aliphatic heterocycles. The normalized spacial score (nSPS) is 14.2. The van der Waals surface area contributed by atoms with Gasteiger partial charge in [0, 0.05) is 20.1 Å². The SMILES string of the molecule is Cc1oc2ncn(C)c(=O)c2c1C(=O)N1CCCn2ncc(Cl)c21. The second-order valence-electron chi connectivity index (χ2n) is 5.72. The van der Waals surface area contributed by atoms with Crippen LogP contribution in [0.2, 0.25) is 5.02 Å². The summed E-state index contributed by atoms with van der Waals surface area (Å²) in [5.74, 6) is 0.570. The lowest BCUT2D eigenvalue weighted by atomic mass is 10.1. The molecule has 4 heterocycles. The van der Waals surface area contributed by atoms with Gasteiger partial charge in [0.25, 0.3) is 11.5 Å². The molecule has 0 aliphatic carbocycles. The summed E-state index contributed by atoms with van der Waals surface area (Å²) in [5, 5.41) is 4.77. The lowest BCUT2D eigenvalue weighted by molar-refractivity contribution is 0.0981. The first-order valence-corrected chi connectivity index (χ1v) is 7.84. The minimum Gasteiger partial charge on any atom is -0.442 e. The first-order chi connectivity index (χ1) is 11.5. The lowest BCUT2D eigenvalue weighted by Gasteiger charge is -2.27. The Balaban J connectivity index is 1.92. The molecule has 0 aromatic carbocycles. The van der Waals surface area contributed by atoms with Crippen LogP contribution >= 0.6 is 11.6 Å². The average molecular weight is 348 g/mol. The van der Waals surface area contributed by atoms with Crippen LogP contribution < -0.4 is 10.5 Å². The predicted octanol–water partition coefficient (Wildman–Crippen LogP) is 1.74. The van der Waals surface area contributed by atoms with Crippen molar-refractivity contribution in [1.82, 2.24) is 19.3 Å². The molecular weight excluding hydrogens is 334 g/mol. The first-order valence-electron chi connectivity index (χ1n) is 7.47. The Kier molecular flexibility index (Phi) is 3.24. The van der Waals surface area contributed by atoms with Gasteiger partial charge in [-0.3, -0.25) is 14.5 Å². The molecule has 3 aromatic rings. The highest BCUT2D eigenvalue weighted by Gasteiger charge is 2.32. The van der Waals surface area contributed by atoms with Gasteiger partial charge < -0.3 is 8.98 Å². The van der Waals surface area contributed by atoms with Crippen molar-refractivity contribution in [3.05, 3.63) is 39.2 Å². The van der Waals surface area contributed by atoms with E-state index in [2.05, 4.69) is 10.1 Å². The first kappa shape index (κ1) is 14.9. The summed E-state index contributed by atoms with van der Waals surface area (Å²) in [6.07, 6.45) is 3.64. The van der Waals surface area contributed by atoms with E-state index < -0.39 is 0 Å². The maximum Gasteiger partial charge on any atom is 0.265 e. The number of rotatable bonds is 1. The molecule has 0 saturated heterocycles. The Labute approximate surface area is 141 Å². The summed E-state index contributed by atoms with van der Waals surface area (Å²) in [5.41, 5.74) is 0.0665. The Bertz CT molecular complexity index is 1030. The number of aromatic nitrogens is 4. The van der Waals surface area contributed by atoms with Crippen LogP contribution in [0, 0.1) is 6.92 Å². The number of hydrogen-bond acceptors (Lipinski definition) is 5. The number of carbonyl (C=O) groups is 1. The van der Waals surface area contributed by atoms with Crippen molar-refractivity contribution in [2.75, 3.05) is 11.4 Å². The van der Waals surface area contributed by atoms with E-state index in [-0.39, 0.29) is 28.1 Å². The largest absolute Gasteiger partial charge is 0.442 e. The highest BCUT2D eigenvalue weighted by atomic mass is 35.5. The monoisotopic (exact) mass is 347 g/mol. The number of amides is 1. The maximum atomic E-state index is 13.2. The van der Waals surface area contributed by atoms with Gasteiger partial charge >= 0.3 is 0 Å². The smallest absolute Gasteiger partial charge is 0.265 e. The molecule has 4 rings (SSSR count). The average Bonchev–Trinajstić information content (AvgIpc) is 3.11. The number of nitrogens with zero attached hydrogens (tertiary/aromatic N) is 5. The third kappa shape index (κ3) is 1.99. The van der Waals surface area contributed by atoms with E-state index in [9.17, 15) is 9.59 Å². The van der Waals surface area contributed by atoms with Gasteiger partial charge in [-0.15, -0.1) is 0 Å². The number of carbonyl (C=O) groups excluding carboxylic acids is 1. The summed E-state index contributed by atoms with van der Waals surface area (Å²) in [7, 11) is 1.58. The van der Waals surface area contributed by atoms with E-state index in [0.717, 1.165) is 6.42 Å². The molecule has 0 spiro atoms. The summed E-state index contributed by atoms with van der Waals surface area (Å²) in [6.45, 7) is 2.84. The third-order valence-corrected chi connectivity index (χ3v) is 4.45. The summed E-state index contributed by atoms with van der Waals surface area (Å²) in [6, 6.07) is 0. The number of halogens is 1. The molecule has 8 nitrogen and oxygen atoms in total. The minimum atomic E-state index is -0.334. The standard InChI is InChI=1S/C15H14ClN5O3/c1-8-10(11-12(24-8)17-7-19(2)14(11)22)15(23)20-4-3-5-21-13(20)9(16)6-18-21/h6-7H,3-5H2,1-2H3. The van der Waals surface area contributed by atoms with Crippen LogP contribution in [0.15, 0.2) is 21.7 Å². The van der Waals surface area contributed by atoms with Crippen molar-refractivity contribution < 1.29 is 9.21 Å². The molecule has 3 aromatic heterocycles. The minimum absolute atomic E-state index is 0.163. The second kappa shape index (κ2) is 5.20. The van der Waals surface area contributed by atoms with Gasteiger partial charge in [-0.25, -0.2) is 9.67 Å². The Morgan fingerprint density at radius 2 is 2.17 bits per heavy atom. The van der Waals surface area contributed by atoms with Crippen molar-refractivity contribution in [3.8, 4) is 0 Å². The summed E-state index contributed by atoms with van der Waals surface area (Å²) in [4.78, 5) is 31.3. The number of hydrogen-bond donors (Lipinski definition) is 0. The van der Waals surface area contributed by atoms with Gasteiger partial charge in [0.1, 0.15) is 22.5 Å². The van der Waals surface area contributed by atoms with Crippen LogP contribution in [0.4, 0.5) is 5.82 Å². The molecule has 24 heavy (non-hydrogen) atoms. The molecule has 0 unspecified atom stereocenters. The van der Waals surface area contributed by atoms with E-state index in [1.165, 1.54) is 17.1 Å². The molecule has 124 valence electrons. The van der Waals surface area contributed by atoms with E-state index in [4.69, 9.17) is 16.0 Å². The molecule has 9 heteroatoms. The summed E-state index contributed by atoms with van der Waals surface area (Å²) < 4.78 is 8.53. The van der Waals surface area contributed by atoms with Crippen LogP contribution in [-0.4, -0.2) is 31.8 Å². The zero-order valence-electron chi connectivity index (χ0n) is 13.1. The van der Waals surface area contributed by atoms with Crippen molar-refractivity contribution in [2.24, 2.45) is 7.05 Å². The van der Waals surface area contributed by atoms with Gasteiger partial charge in [-0.2, -0.15) is 5.10 Å². The van der Waals surface area contributed by atoms with E-state index in [0.29, 0.717) is 29.7 Å². The molecule has 0 atom stereocenters. The molecule has 1 amide bonds. The molecule has 0 radical (unpaired) electrons. The number of furan rings is 1. The maximum absolute atomic E-state index is 13.2. The molecule has 1 aliphatic rings. The molecule has 0 N–H and O–H groups in total. The van der Waals surface area contributed by atoms with E-state index in [1.54, 1.807) is 23.6 Å². The lowest BCUT2D eigenvalue weighted by Crippen LogP contribution is -2.38. The Hall–Kier alpha value is -2.61. The zero-order valence-corrected chi connectivity index (χ0v) is 13.9. The number of fused-ring (bicyclic) bond motifs is 2.